The third kappa shape index (κ3) is 2.39. The van der Waals surface area contributed by atoms with Crippen LogP contribution in [0.5, 0.6) is 5.75 Å². The van der Waals surface area contributed by atoms with Crippen molar-refractivity contribution in [1.82, 2.24) is 4.90 Å². The van der Waals surface area contributed by atoms with E-state index in [-0.39, 0.29) is 11.7 Å². The maximum Gasteiger partial charge on any atom is 0.265 e. The average molecular weight is 300 g/mol. The molecule has 1 N–H and O–H groups in total. The Bertz CT molecular complexity index is 560. The largest absolute Gasteiger partial charge is 0.508 e. The molecule has 1 amide bonds. The highest BCUT2D eigenvalue weighted by Crippen LogP contribution is 2.33. The molecule has 1 aromatic rings. The van der Waals surface area contributed by atoms with E-state index in [4.69, 9.17) is 23.8 Å². The molecule has 1 aliphatic rings. The number of carbonyl (C=O) groups excluding carboxylic acids is 1. The summed E-state index contributed by atoms with van der Waals surface area (Å²) in [6, 6.07) is 3.28. The molecule has 0 radical (unpaired) electrons. The smallest absolute Gasteiger partial charge is 0.265 e. The summed E-state index contributed by atoms with van der Waals surface area (Å²) >= 11 is 12.3. The molecule has 1 aliphatic heterocycles. The Kier molecular flexibility index (Phi) is 3.66. The first-order chi connectivity index (χ1) is 8.40. The number of aromatic hydroxyl groups is 1. The molecule has 0 aromatic heterocycles. The molecule has 0 unspecified atom stereocenters. The topological polar surface area (TPSA) is 40.5 Å². The van der Waals surface area contributed by atoms with Crippen molar-refractivity contribution >= 4 is 51.9 Å². The van der Waals surface area contributed by atoms with Gasteiger partial charge in [-0.05, 0) is 30.7 Å². The molecule has 0 saturated carbocycles. The zero-order valence-electron chi connectivity index (χ0n) is 9.73. The van der Waals surface area contributed by atoms with E-state index in [9.17, 15) is 9.90 Å². The minimum absolute atomic E-state index is 0.112. The van der Waals surface area contributed by atoms with Crippen LogP contribution in [0.1, 0.15) is 11.1 Å². The molecule has 1 saturated heterocycles. The van der Waals surface area contributed by atoms with Crippen LogP contribution in [0.2, 0.25) is 5.02 Å². The lowest BCUT2D eigenvalue weighted by molar-refractivity contribution is -0.121. The molecule has 6 heteroatoms. The van der Waals surface area contributed by atoms with Crippen LogP contribution in [0.15, 0.2) is 17.0 Å². The minimum atomic E-state index is -0.138. The van der Waals surface area contributed by atoms with Crippen molar-refractivity contribution in [3.63, 3.8) is 0 Å². The number of nitrogens with zero attached hydrogens (tertiary/aromatic N) is 1. The third-order valence-corrected chi connectivity index (χ3v) is 4.50. The van der Waals surface area contributed by atoms with E-state index >= 15 is 0 Å². The van der Waals surface area contributed by atoms with Crippen LogP contribution < -0.4 is 0 Å². The average Bonchev–Trinajstić information content (AvgIpc) is 2.54. The van der Waals surface area contributed by atoms with Crippen LogP contribution in [0, 0.1) is 6.92 Å². The van der Waals surface area contributed by atoms with E-state index < -0.39 is 0 Å². The second-order valence-electron chi connectivity index (χ2n) is 3.89. The van der Waals surface area contributed by atoms with Crippen molar-refractivity contribution < 1.29 is 9.90 Å². The molecule has 0 aliphatic carbocycles. The van der Waals surface area contributed by atoms with Crippen LogP contribution in [-0.4, -0.2) is 27.3 Å². The van der Waals surface area contributed by atoms with Crippen molar-refractivity contribution in [2.75, 3.05) is 7.05 Å². The van der Waals surface area contributed by atoms with Gasteiger partial charge in [-0.15, -0.1) is 0 Å². The first kappa shape index (κ1) is 13.4. The number of rotatable bonds is 1. The fourth-order valence-electron chi connectivity index (χ4n) is 1.47. The lowest BCUT2D eigenvalue weighted by atomic mass is 10.1. The Morgan fingerprint density at radius 2 is 2.17 bits per heavy atom. The highest BCUT2D eigenvalue weighted by molar-refractivity contribution is 8.26. The van der Waals surface area contributed by atoms with Crippen LogP contribution >= 0.6 is 35.6 Å². The molecular weight excluding hydrogens is 290 g/mol. The molecule has 0 spiro atoms. The van der Waals surface area contributed by atoms with Gasteiger partial charge in [0.25, 0.3) is 5.91 Å². The number of likely N-dealkylation sites (N-methyl/N-ethyl adjacent to an activating group) is 1. The van der Waals surface area contributed by atoms with Crippen LogP contribution in [0.25, 0.3) is 6.08 Å². The number of thiocarbonyl (C=S) groups is 1. The summed E-state index contributed by atoms with van der Waals surface area (Å²) in [7, 11) is 1.64. The number of benzene rings is 1. The van der Waals surface area contributed by atoms with Gasteiger partial charge in [-0.25, -0.2) is 0 Å². The second-order valence-corrected chi connectivity index (χ2v) is 5.97. The number of thioether (sulfide) groups is 1. The fourth-order valence-corrected chi connectivity index (χ4v) is 2.87. The van der Waals surface area contributed by atoms with Gasteiger partial charge in [-0.2, -0.15) is 0 Å². The first-order valence-corrected chi connectivity index (χ1v) is 6.71. The molecule has 0 atom stereocenters. The van der Waals surface area contributed by atoms with Gasteiger partial charge in [0.15, 0.2) is 0 Å². The Morgan fingerprint density at radius 3 is 2.67 bits per heavy atom. The zero-order chi connectivity index (χ0) is 13.4. The van der Waals surface area contributed by atoms with E-state index in [0.717, 1.165) is 0 Å². The standard InChI is InChI=1S/C12H10ClNO2S2/c1-6-8(13)3-7(4-9(6)15)5-10-11(16)14(2)12(17)18-10/h3-5,15H,1-2H3/b10-5-. The molecular formula is C12H10ClNO2S2. The number of halogens is 1. The summed E-state index contributed by atoms with van der Waals surface area (Å²) < 4.78 is 0.522. The van der Waals surface area contributed by atoms with Gasteiger partial charge in [0, 0.05) is 17.6 Å². The van der Waals surface area contributed by atoms with Gasteiger partial charge < -0.3 is 5.11 Å². The quantitative estimate of drug-likeness (QED) is 0.639. The summed E-state index contributed by atoms with van der Waals surface area (Å²) in [6.07, 6.45) is 1.67. The van der Waals surface area contributed by atoms with E-state index in [1.165, 1.54) is 16.7 Å². The van der Waals surface area contributed by atoms with E-state index in [1.54, 1.807) is 32.2 Å². The Morgan fingerprint density at radius 1 is 1.50 bits per heavy atom. The molecule has 18 heavy (non-hydrogen) atoms. The highest BCUT2D eigenvalue weighted by Gasteiger charge is 2.28. The second kappa shape index (κ2) is 4.91. The number of phenolic OH excluding ortho intramolecular Hbond substituents is 1. The number of carbonyl (C=O) groups is 1. The highest BCUT2D eigenvalue weighted by atomic mass is 35.5. The van der Waals surface area contributed by atoms with Gasteiger partial charge in [-0.3, -0.25) is 9.69 Å². The van der Waals surface area contributed by atoms with Crippen molar-refractivity contribution in [3.05, 3.63) is 33.2 Å². The Balaban J connectivity index is 2.40. The molecule has 1 heterocycles. The van der Waals surface area contributed by atoms with Gasteiger partial charge in [-0.1, -0.05) is 35.6 Å². The minimum Gasteiger partial charge on any atom is -0.508 e. The third-order valence-electron chi connectivity index (χ3n) is 2.62. The Hall–Kier alpha value is -1.04. The fraction of sp³-hybridized carbons (Fsp3) is 0.167. The normalized spacial score (nSPS) is 17.9. The molecule has 1 fully saturated rings. The van der Waals surface area contributed by atoms with Crippen molar-refractivity contribution in [2.24, 2.45) is 0 Å². The summed E-state index contributed by atoms with van der Waals surface area (Å²) in [5.74, 6) is -0.0260. The Labute approximate surface area is 119 Å². The molecule has 94 valence electrons. The van der Waals surface area contributed by atoms with Crippen molar-refractivity contribution in [1.29, 1.82) is 0 Å². The van der Waals surface area contributed by atoms with Gasteiger partial charge in [0.05, 0.1) is 4.91 Å². The maximum atomic E-state index is 11.8. The summed E-state index contributed by atoms with van der Waals surface area (Å²) in [4.78, 5) is 13.8. The number of hydrogen-bond acceptors (Lipinski definition) is 4. The predicted molar refractivity (Wildman–Crippen MR) is 78.8 cm³/mol. The first-order valence-electron chi connectivity index (χ1n) is 5.11. The van der Waals surface area contributed by atoms with Crippen molar-refractivity contribution in [2.45, 2.75) is 6.92 Å². The van der Waals surface area contributed by atoms with Gasteiger partial charge in [0.2, 0.25) is 0 Å². The van der Waals surface area contributed by atoms with Crippen LogP contribution in [0.3, 0.4) is 0 Å². The van der Waals surface area contributed by atoms with E-state index in [0.29, 0.717) is 25.4 Å². The SMILES string of the molecule is Cc1c(O)cc(/C=C2\SC(=S)N(C)C2=O)cc1Cl. The summed E-state index contributed by atoms with van der Waals surface area (Å²) in [5.41, 5.74) is 1.30. The maximum absolute atomic E-state index is 11.8. The predicted octanol–water partition coefficient (Wildman–Crippen LogP) is 3.19. The van der Waals surface area contributed by atoms with E-state index in [2.05, 4.69) is 0 Å². The molecule has 1 aromatic carbocycles. The molecule has 0 bridgehead atoms. The van der Waals surface area contributed by atoms with E-state index in [1.807, 2.05) is 0 Å². The molecule has 2 rings (SSSR count). The summed E-state index contributed by atoms with van der Waals surface area (Å²) in [6.45, 7) is 1.73. The van der Waals surface area contributed by atoms with Crippen LogP contribution in [-0.2, 0) is 4.79 Å². The summed E-state index contributed by atoms with van der Waals surface area (Å²) in [5, 5.41) is 10.1. The van der Waals surface area contributed by atoms with Crippen LogP contribution in [0.4, 0.5) is 0 Å². The number of amides is 1. The lowest BCUT2D eigenvalue weighted by Crippen LogP contribution is -2.22. The van der Waals surface area contributed by atoms with Crippen molar-refractivity contribution in [3.8, 4) is 5.75 Å². The van der Waals surface area contributed by atoms with Gasteiger partial charge >= 0.3 is 0 Å². The number of hydrogen-bond donors (Lipinski definition) is 1. The zero-order valence-corrected chi connectivity index (χ0v) is 12.1. The lowest BCUT2D eigenvalue weighted by Gasteiger charge is -2.05. The monoisotopic (exact) mass is 299 g/mol. The number of phenols is 1. The van der Waals surface area contributed by atoms with Gasteiger partial charge in [0.1, 0.15) is 10.1 Å². The molecule has 3 nitrogen and oxygen atoms in total.